The maximum absolute atomic E-state index is 8.59. The first-order chi connectivity index (χ1) is 6.76. The smallest absolute Gasteiger partial charge is 0.145 e. The summed E-state index contributed by atoms with van der Waals surface area (Å²) >= 11 is 0. The Labute approximate surface area is 82.8 Å². The molecule has 0 fully saturated rings. The number of aromatic nitrogens is 2. The van der Waals surface area contributed by atoms with Gasteiger partial charge in [0.15, 0.2) is 0 Å². The largest absolute Gasteiger partial charge is 0.380 e. The van der Waals surface area contributed by atoms with Gasteiger partial charge in [0.1, 0.15) is 23.9 Å². The fourth-order valence-corrected chi connectivity index (χ4v) is 0.847. The first-order valence-electron chi connectivity index (χ1n) is 4.25. The van der Waals surface area contributed by atoms with Gasteiger partial charge >= 0.3 is 0 Å². The van der Waals surface area contributed by atoms with Crippen LogP contribution in [0.3, 0.4) is 0 Å². The summed E-state index contributed by atoms with van der Waals surface area (Å²) in [5, 5.41) is 11.6. The highest BCUT2D eigenvalue weighted by atomic mass is 16.5. The van der Waals surface area contributed by atoms with Crippen LogP contribution in [-0.4, -0.2) is 29.7 Å². The molecule has 1 aromatic rings. The number of methoxy groups -OCH3 is 1. The molecular weight excluding hydrogens is 180 g/mol. The summed E-state index contributed by atoms with van der Waals surface area (Å²) in [6.07, 6.45) is 1.47. The van der Waals surface area contributed by atoms with Gasteiger partial charge in [-0.3, -0.25) is 0 Å². The topological polar surface area (TPSA) is 70.8 Å². The van der Waals surface area contributed by atoms with Gasteiger partial charge in [-0.15, -0.1) is 0 Å². The number of nitrogens with zero attached hydrogens (tertiary/aromatic N) is 3. The Kier molecular flexibility index (Phi) is 3.83. The Bertz CT molecular complexity index is 334. The predicted octanol–water partition coefficient (Wildman–Crippen LogP) is 0.795. The molecule has 5 nitrogen and oxygen atoms in total. The number of hydrogen-bond donors (Lipinski definition) is 1. The summed E-state index contributed by atoms with van der Waals surface area (Å²) in [6.45, 7) is 2.60. The van der Waals surface area contributed by atoms with Gasteiger partial charge in [-0.25, -0.2) is 9.97 Å². The third-order valence-electron chi connectivity index (χ3n) is 1.75. The van der Waals surface area contributed by atoms with Gasteiger partial charge in [0.25, 0.3) is 0 Å². The fourth-order valence-electron chi connectivity index (χ4n) is 0.847. The lowest BCUT2D eigenvalue weighted by molar-refractivity contribution is 0.128. The number of ether oxygens (including phenoxy) is 1. The van der Waals surface area contributed by atoms with Crippen molar-refractivity contribution in [1.82, 2.24) is 9.97 Å². The van der Waals surface area contributed by atoms with E-state index in [0.29, 0.717) is 18.1 Å². The van der Waals surface area contributed by atoms with Crippen LogP contribution in [0.4, 0.5) is 5.82 Å². The fraction of sp³-hybridized carbons (Fsp3) is 0.444. The highest BCUT2D eigenvalue weighted by Gasteiger charge is 2.00. The Hall–Kier alpha value is -1.67. The molecule has 0 saturated carbocycles. The maximum atomic E-state index is 8.59. The van der Waals surface area contributed by atoms with Crippen molar-refractivity contribution in [1.29, 1.82) is 5.26 Å². The van der Waals surface area contributed by atoms with E-state index in [1.807, 2.05) is 13.0 Å². The third-order valence-corrected chi connectivity index (χ3v) is 1.75. The molecule has 0 aliphatic heterocycles. The first kappa shape index (κ1) is 10.4. The molecule has 0 saturated heterocycles. The zero-order chi connectivity index (χ0) is 10.4. The summed E-state index contributed by atoms with van der Waals surface area (Å²) < 4.78 is 5.06. The molecule has 74 valence electrons. The SMILES string of the molecule is COC(C)CNc1cc(C#N)ncn1. The molecule has 0 aromatic carbocycles. The molecule has 1 rings (SSSR count). The molecule has 0 bridgehead atoms. The molecule has 14 heavy (non-hydrogen) atoms. The lowest BCUT2D eigenvalue weighted by Gasteiger charge is -2.10. The molecule has 1 aromatic heterocycles. The zero-order valence-electron chi connectivity index (χ0n) is 8.19. The van der Waals surface area contributed by atoms with Gasteiger partial charge in [-0.2, -0.15) is 5.26 Å². The van der Waals surface area contributed by atoms with Gasteiger partial charge in [0.05, 0.1) is 6.10 Å². The van der Waals surface area contributed by atoms with Gasteiger partial charge in [0.2, 0.25) is 0 Å². The molecule has 5 heteroatoms. The van der Waals surface area contributed by atoms with Crippen molar-refractivity contribution in [3.63, 3.8) is 0 Å². The highest BCUT2D eigenvalue weighted by molar-refractivity contribution is 5.38. The van der Waals surface area contributed by atoms with E-state index in [9.17, 15) is 0 Å². The van der Waals surface area contributed by atoms with Gasteiger partial charge in [0, 0.05) is 19.7 Å². The molecule has 1 heterocycles. The maximum Gasteiger partial charge on any atom is 0.145 e. The van der Waals surface area contributed by atoms with Crippen molar-refractivity contribution < 1.29 is 4.74 Å². The minimum atomic E-state index is 0.107. The minimum absolute atomic E-state index is 0.107. The van der Waals surface area contributed by atoms with Crippen molar-refractivity contribution in [3.05, 3.63) is 18.1 Å². The molecule has 1 atom stereocenters. The molecular formula is C9H12N4O. The van der Waals surface area contributed by atoms with E-state index < -0.39 is 0 Å². The Morgan fingerprint density at radius 1 is 1.64 bits per heavy atom. The molecule has 0 radical (unpaired) electrons. The molecule has 1 unspecified atom stereocenters. The summed E-state index contributed by atoms with van der Waals surface area (Å²) in [6, 6.07) is 3.55. The number of rotatable bonds is 4. The second-order valence-electron chi connectivity index (χ2n) is 2.83. The van der Waals surface area contributed by atoms with E-state index in [4.69, 9.17) is 10.00 Å². The van der Waals surface area contributed by atoms with Crippen LogP contribution in [0.25, 0.3) is 0 Å². The second kappa shape index (κ2) is 5.14. The minimum Gasteiger partial charge on any atom is -0.380 e. The van der Waals surface area contributed by atoms with Crippen LogP contribution >= 0.6 is 0 Å². The molecule has 0 aliphatic carbocycles. The summed E-state index contributed by atoms with van der Waals surface area (Å²) in [5.41, 5.74) is 0.354. The van der Waals surface area contributed by atoms with Gasteiger partial charge in [-0.1, -0.05) is 0 Å². The number of hydrogen-bond acceptors (Lipinski definition) is 5. The van der Waals surface area contributed by atoms with Gasteiger partial charge in [-0.05, 0) is 6.92 Å². The first-order valence-corrected chi connectivity index (χ1v) is 4.25. The van der Waals surface area contributed by atoms with Crippen molar-refractivity contribution in [2.24, 2.45) is 0 Å². The van der Waals surface area contributed by atoms with Crippen molar-refractivity contribution in [2.75, 3.05) is 19.0 Å². The Balaban J connectivity index is 2.55. The lowest BCUT2D eigenvalue weighted by Crippen LogP contribution is -2.18. The zero-order valence-corrected chi connectivity index (χ0v) is 8.19. The van der Waals surface area contributed by atoms with E-state index >= 15 is 0 Å². The number of nitriles is 1. The standard InChI is InChI=1S/C9H12N4O/c1-7(14-2)5-11-9-3-8(4-10)12-6-13-9/h3,6-7H,5H2,1-2H3,(H,11,12,13). The van der Waals surface area contributed by atoms with Crippen molar-refractivity contribution in [3.8, 4) is 6.07 Å². The lowest BCUT2D eigenvalue weighted by atomic mass is 10.4. The highest BCUT2D eigenvalue weighted by Crippen LogP contribution is 2.02. The van der Waals surface area contributed by atoms with E-state index in [1.54, 1.807) is 13.2 Å². The van der Waals surface area contributed by atoms with Crippen molar-refractivity contribution >= 4 is 5.82 Å². The Morgan fingerprint density at radius 2 is 2.43 bits per heavy atom. The summed E-state index contributed by atoms with van der Waals surface area (Å²) in [7, 11) is 1.65. The van der Waals surface area contributed by atoms with E-state index in [-0.39, 0.29) is 6.10 Å². The van der Waals surface area contributed by atoms with Gasteiger partial charge < -0.3 is 10.1 Å². The predicted molar refractivity (Wildman–Crippen MR) is 51.7 cm³/mol. The molecule has 1 N–H and O–H groups in total. The molecule has 0 spiro atoms. The summed E-state index contributed by atoms with van der Waals surface area (Å²) in [4.78, 5) is 7.73. The third kappa shape index (κ3) is 2.99. The van der Waals surface area contributed by atoms with Crippen LogP contribution in [0.1, 0.15) is 12.6 Å². The Morgan fingerprint density at radius 3 is 3.07 bits per heavy atom. The van der Waals surface area contributed by atoms with E-state index in [2.05, 4.69) is 15.3 Å². The average molecular weight is 192 g/mol. The second-order valence-corrected chi connectivity index (χ2v) is 2.83. The molecule has 0 aliphatic rings. The monoisotopic (exact) mass is 192 g/mol. The normalized spacial score (nSPS) is 11.8. The van der Waals surface area contributed by atoms with Crippen LogP contribution in [0.5, 0.6) is 0 Å². The van der Waals surface area contributed by atoms with Crippen LogP contribution in [-0.2, 0) is 4.74 Å². The molecule has 0 amide bonds. The van der Waals surface area contributed by atoms with E-state index in [0.717, 1.165) is 0 Å². The number of anilines is 1. The number of nitrogens with one attached hydrogen (secondary N) is 1. The van der Waals surface area contributed by atoms with E-state index in [1.165, 1.54) is 6.33 Å². The van der Waals surface area contributed by atoms with Crippen LogP contribution in [0, 0.1) is 11.3 Å². The summed E-state index contributed by atoms with van der Waals surface area (Å²) in [5.74, 6) is 0.639. The van der Waals surface area contributed by atoms with Crippen LogP contribution < -0.4 is 5.32 Å². The van der Waals surface area contributed by atoms with Crippen molar-refractivity contribution in [2.45, 2.75) is 13.0 Å². The average Bonchev–Trinajstić information content (AvgIpc) is 2.26. The van der Waals surface area contributed by atoms with Crippen LogP contribution in [0.2, 0.25) is 0 Å². The van der Waals surface area contributed by atoms with Crippen LogP contribution in [0.15, 0.2) is 12.4 Å². The quantitative estimate of drug-likeness (QED) is 0.763.